The Hall–Kier alpha value is -0.910. The van der Waals surface area contributed by atoms with Crippen molar-refractivity contribution in [1.29, 1.82) is 0 Å². The number of carbonyl (C=O) groups is 1. The lowest BCUT2D eigenvalue weighted by Crippen LogP contribution is -2.37. The molecular weight excluding hydrogens is 224 g/mol. The fourth-order valence-corrected chi connectivity index (χ4v) is 1.09. The van der Waals surface area contributed by atoms with E-state index in [0.717, 1.165) is 12.5 Å². The minimum Gasteiger partial charge on any atom is -0.481 e. The molecule has 1 aliphatic heterocycles. The van der Waals surface area contributed by atoms with E-state index in [1.807, 2.05) is 13.0 Å². The van der Waals surface area contributed by atoms with Gasteiger partial charge in [0, 0.05) is 12.3 Å². The van der Waals surface area contributed by atoms with Gasteiger partial charge in [0.25, 0.3) is 5.97 Å². The maximum atomic E-state index is 9.00. The van der Waals surface area contributed by atoms with E-state index in [0.29, 0.717) is 13.2 Å². The van der Waals surface area contributed by atoms with Crippen LogP contribution in [-0.2, 0) is 14.3 Å². The van der Waals surface area contributed by atoms with Gasteiger partial charge in [0.05, 0.1) is 19.8 Å². The number of hydrogen-bond donors (Lipinski definition) is 2. The number of carboxylic acid groups (broad SMARTS) is 1. The summed E-state index contributed by atoms with van der Waals surface area (Å²) >= 11 is 0. The third-order valence-corrected chi connectivity index (χ3v) is 1.95. The molecule has 0 spiro atoms. The smallest absolute Gasteiger partial charge is 0.300 e. The quantitative estimate of drug-likeness (QED) is 0.720. The largest absolute Gasteiger partial charge is 0.481 e. The number of aliphatic hydroxyl groups is 1. The van der Waals surface area contributed by atoms with E-state index in [4.69, 9.17) is 24.5 Å². The minimum absolute atomic E-state index is 0.0621. The highest BCUT2D eigenvalue weighted by molar-refractivity contribution is 5.62. The van der Waals surface area contributed by atoms with Crippen molar-refractivity contribution in [3.63, 3.8) is 0 Å². The second-order valence-corrected chi connectivity index (χ2v) is 4.84. The van der Waals surface area contributed by atoms with E-state index < -0.39 is 5.97 Å². The van der Waals surface area contributed by atoms with Crippen molar-refractivity contribution in [3.8, 4) is 0 Å². The highest BCUT2D eigenvalue weighted by Gasteiger charge is 2.27. The molecule has 1 rings (SSSR count). The third kappa shape index (κ3) is 8.85. The van der Waals surface area contributed by atoms with E-state index >= 15 is 0 Å². The lowest BCUT2D eigenvalue weighted by molar-refractivity contribution is -0.198. The summed E-state index contributed by atoms with van der Waals surface area (Å²) in [5, 5.41) is 16.2. The fraction of sp³-hybridized carbons (Fsp3) is 0.750. The zero-order chi connectivity index (χ0) is 13.5. The molecule has 0 radical (unpaired) electrons. The Morgan fingerprint density at radius 3 is 2.12 bits per heavy atom. The topological polar surface area (TPSA) is 76.0 Å². The molecule has 2 N–H and O–H groups in total. The summed E-state index contributed by atoms with van der Waals surface area (Å²) in [6, 6.07) is 0. The second-order valence-electron chi connectivity index (χ2n) is 4.84. The molecule has 0 amide bonds. The number of aliphatic carboxylic acids is 1. The minimum atomic E-state index is -0.833. The zero-order valence-corrected chi connectivity index (χ0v) is 10.9. The van der Waals surface area contributed by atoms with Gasteiger partial charge in [0.15, 0.2) is 6.29 Å². The molecule has 17 heavy (non-hydrogen) atoms. The molecule has 0 aliphatic carbocycles. The molecule has 0 bridgehead atoms. The van der Waals surface area contributed by atoms with E-state index in [9.17, 15) is 0 Å². The van der Waals surface area contributed by atoms with Gasteiger partial charge in [-0.05, 0) is 18.6 Å². The lowest BCUT2D eigenvalue weighted by atomic mass is 9.95. The number of rotatable bonds is 2. The summed E-state index contributed by atoms with van der Waals surface area (Å²) < 4.78 is 10.9. The molecule has 0 aromatic rings. The van der Waals surface area contributed by atoms with Crippen LogP contribution in [0.15, 0.2) is 11.6 Å². The Morgan fingerprint density at radius 2 is 1.76 bits per heavy atom. The maximum absolute atomic E-state index is 9.00. The standard InChI is InChI=1S/C10H18O3.C2H4O2/c1-8(5-11)4-9-12-6-10(2,3)7-13-9;1-2(3)4/h4,9,11H,5-7H2,1-3H3;1H3,(H,3,4). The first-order valence-corrected chi connectivity index (χ1v) is 5.48. The molecule has 0 aromatic carbocycles. The number of carboxylic acids is 1. The van der Waals surface area contributed by atoms with E-state index in [1.54, 1.807) is 0 Å². The van der Waals surface area contributed by atoms with Crippen molar-refractivity contribution in [2.75, 3.05) is 19.8 Å². The van der Waals surface area contributed by atoms with Crippen LogP contribution in [0.25, 0.3) is 0 Å². The van der Waals surface area contributed by atoms with Crippen LogP contribution in [0.4, 0.5) is 0 Å². The SMILES string of the molecule is CC(=CC1OCC(C)(C)CO1)CO.CC(=O)O. The summed E-state index contributed by atoms with van der Waals surface area (Å²) in [4.78, 5) is 9.00. The van der Waals surface area contributed by atoms with Crippen LogP contribution in [0.3, 0.4) is 0 Å². The second kappa shape index (κ2) is 7.42. The molecule has 0 unspecified atom stereocenters. The first kappa shape index (κ1) is 16.1. The molecule has 5 nitrogen and oxygen atoms in total. The normalized spacial score (nSPS) is 20.4. The van der Waals surface area contributed by atoms with Crippen LogP contribution in [0.1, 0.15) is 27.7 Å². The molecule has 1 heterocycles. The predicted molar refractivity (Wildman–Crippen MR) is 63.6 cm³/mol. The number of ether oxygens (including phenoxy) is 2. The van der Waals surface area contributed by atoms with Crippen molar-refractivity contribution in [2.24, 2.45) is 5.41 Å². The lowest BCUT2D eigenvalue weighted by Gasteiger charge is -2.33. The average molecular weight is 246 g/mol. The van der Waals surface area contributed by atoms with Gasteiger partial charge in [-0.2, -0.15) is 0 Å². The van der Waals surface area contributed by atoms with Crippen molar-refractivity contribution in [1.82, 2.24) is 0 Å². The first-order chi connectivity index (χ1) is 7.76. The van der Waals surface area contributed by atoms with Crippen LogP contribution in [0.2, 0.25) is 0 Å². The highest BCUT2D eigenvalue weighted by Crippen LogP contribution is 2.23. The van der Waals surface area contributed by atoms with Crippen LogP contribution >= 0.6 is 0 Å². The Kier molecular flexibility index (Phi) is 7.03. The summed E-state index contributed by atoms with van der Waals surface area (Å²) in [5.41, 5.74) is 0.988. The Bertz CT molecular complexity index is 256. The maximum Gasteiger partial charge on any atom is 0.300 e. The fourth-order valence-electron chi connectivity index (χ4n) is 1.09. The van der Waals surface area contributed by atoms with Gasteiger partial charge in [-0.15, -0.1) is 0 Å². The molecule has 0 aromatic heterocycles. The van der Waals surface area contributed by atoms with Crippen molar-refractivity contribution in [2.45, 2.75) is 34.0 Å². The van der Waals surface area contributed by atoms with Crippen molar-refractivity contribution < 1.29 is 24.5 Å². The summed E-state index contributed by atoms with van der Waals surface area (Å²) in [6.45, 7) is 8.61. The predicted octanol–water partition coefficient (Wildman–Crippen LogP) is 1.42. The van der Waals surface area contributed by atoms with E-state index in [-0.39, 0.29) is 18.3 Å². The molecule has 0 atom stereocenters. The van der Waals surface area contributed by atoms with Gasteiger partial charge in [0.1, 0.15) is 0 Å². The highest BCUT2D eigenvalue weighted by atomic mass is 16.7. The molecule has 1 fully saturated rings. The van der Waals surface area contributed by atoms with Crippen LogP contribution in [0, 0.1) is 5.41 Å². The molecule has 1 saturated heterocycles. The molecule has 5 heteroatoms. The third-order valence-electron chi connectivity index (χ3n) is 1.95. The zero-order valence-electron chi connectivity index (χ0n) is 10.9. The summed E-state index contributed by atoms with van der Waals surface area (Å²) in [6.07, 6.45) is 1.54. The molecule has 100 valence electrons. The van der Waals surface area contributed by atoms with Crippen LogP contribution < -0.4 is 0 Å². The molecule has 0 saturated carbocycles. The van der Waals surface area contributed by atoms with Crippen molar-refractivity contribution in [3.05, 3.63) is 11.6 Å². The first-order valence-electron chi connectivity index (χ1n) is 5.48. The molecule has 1 aliphatic rings. The number of hydrogen-bond acceptors (Lipinski definition) is 4. The Labute approximate surface area is 102 Å². The monoisotopic (exact) mass is 246 g/mol. The molecular formula is C12H22O5. The van der Waals surface area contributed by atoms with Gasteiger partial charge in [-0.25, -0.2) is 0 Å². The van der Waals surface area contributed by atoms with E-state index in [1.165, 1.54) is 0 Å². The summed E-state index contributed by atoms with van der Waals surface area (Å²) in [5.74, 6) is -0.833. The van der Waals surface area contributed by atoms with Gasteiger partial charge < -0.3 is 19.7 Å². The van der Waals surface area contributed by atoms with Crippen LogP contribution in [-0.4, -0.2) is 42.3 Å². The Balaban J connectivity index is 0.000000557. The Morgan fingerprint density at radius 1 is 1.35 bits per heavy atom. The van der Waals surface area contributed by atoms with Gasteiger partial charge in [-0.1, -0.05) is 13.8 Å². The average Bonchev–Trinajstić information content (AvgIpc) is 2.20. The van der Waals surface area contributed by atoms with Gasteiger partial charge in [-0.3, -0.25) is 4.79 Å². The summed E-state index contributed by atoms with van der Waals surface area (Å²) in [7, 11) is 0. The van der Waals surface area contributed by atoms with Crippen LogP contribution in [0.5, 0.6) is 0 Å². The van der Waals surface area contributed by atoms with Gasteiger partial charge in [0.2, 0.25) is 0 Å². The van der Waals surface area contributed by atoms with Gasteiger partial charge >= 0.3 is 0 Å². The van der Waals surface area contributed by atoms with E-state index in [2.05, 4.69) is 13.8 Å². The van der Waals surface area contributed by atoms with Crippen molar-refractivity contribution >= 4 is 5.97 Å². The number of aliphatic hydroxyl groups excluding tert-OH is 1.